The summed E-state index contributed by atoms with van der Waals surface area (Å²) in [5.74, 6) is 9.13. The quantitative estimate of drug-likeness (QED) is 0.289. The minimum Gasteiger partial charge on any atom is -0.312 e. The Bertz CT molecular complexity index is 242. The Morgan fingerprint density at radius 2 is 1.79 bits per heavy atom. The summed E-state index contributed by atoms with van der Waals surface area (Å²) in [4.78, 5) is 4.64. The number of nitrogens with zero attached hydrogens (tertiary/aromatic N) is 1. The Hall–Kier alpha value is -0.570. The van der Waals surface area contributed by atoms with Crippen molar-refractivity contribution in [2.75, 3.05) is 0 Å². The molecular weight excluding hydrogens is 174 g/mol. The Morgan fingerprint density at radius 3 is 2.21 bits per heavy atom. The Morgan fingerprint density at radius 1 is 1.21 bits per heavy atom. The van der Waals surface area contributed by atoms with E-state index in [0.29, 0.717) is 5.92 Å². The van der Waals surface area contributed by atoms with Gasteiger partial charge in [0.05, 0.1) is 5.54 Å². The van der Waals surface area contributed by atoms with Crippen molar-refractivity contribution in [2.24, 2.45) is 28.6 Å². The third-order valence-electron chi connectivity index (χ3n) is 3.23. The van der Waals surface area contributed by atoms with Gasteiger partial charge in [0.15, 0.2) is 0 Å². The average molecular weight is 195 g/mol. The lowest BCUT2D eigenvalue weighted by molar-refractivity contribution is 0.547. The molecule has 2 unspecified atom stereocenters. The van der Waals surface area contributed by atoms with E-state index in [1.54, 1.807) is 0 Å². The molecule has 2 atom stereocenters. The molecule has 2 fully saturated rings. The molecule has 0 aliphatic heterocycles. The van der Waals surface area contributed by atoms with Crippen LogP contribution in [0.1, 0.15) is 40.0 Å². The second-order valence-corrected chi connectivity index (χ2v) is 5.74. The second kappa shape index (κ2) is 3.23. The molecule has 3 heteroatoms. The van der Waals surface area contributed by atoms with Gasteiger partial charge in [-0.2, -0.15) is 0 Å². The smallest absolute Gasteiger partial charge is 0.114 e. The highest BCUT2D eigenvalue weighted by molar-refractivity contribution is 5.84. The van der Waals surface area contributed by atoms with Gasteiger partial charge in [0, 0.05) is 5.92 Å². The van der Waals surface area contributed by atoms with Crippen LogP contribution < -0.4 is 11.3 Å². The largest absolute Gasteiger partial charge is 0.312 e. The molecule has 2 aliphatic rings. The number of nitrogens with one attached hydrogen (secondary N) is 1. The molecule has 0 aromatic carbocycles. The summed E-state index contributed by atoms with van der Waals surface area (Å²) in [6.45, 7) is 6.33. The van der Waals surface area contributed by atoms with Crippen LogP contribution in [0, 0.1) is 17.8 Å². The zero-order valence-corrected chi connectivity index (χ0v) is 9.38. The maximum atomic E-state index is 5.54. The summed E-state index contributed by atoms with van der Waals surface area (Å²) < 4.78 is 0. The van der Waals surface area contributed by atoms with Crippen molar-refractivity contribution in [3.05, 3.63) is 0 Å². The van der Waals surface area contributed by atoms with Crippen LogP contribution in [0.15, 0.2) is 4.99 Å². The van der Waals surface area contributed by atoms with E-state index in [0.717, 1.165) is 17.7 Å². The molecule has 0 saturated heterocycles. The highest BCUT2D eigenvalue weighted by atomic mass is 15.3. The number of fused-ring (bicyclic) bond motifs is 1. The van der Waals surface area contributed by atoms with Crippen molar-refractivity contribution in [2.45, 2.75) is 45.6 Å². The van der Waals surface area contributed by atoms with E-state index in [1.807, 2.05) is 0 Å². The van der Waals surface area contributed by atoms with E-state index in [9.17, 15) is 0 Å². The number of rotatable bonds is 1. The van der Waals surface area contributed by atoms with E-state index in [2.05, 4.69) is 31.2 Å². The van der Waals surface area contributed by atoms with Crippen LogP contribution in [-0.2, 0) is 0 Å². The normalized spacial score (nSPS) is 36.9. The molecule has 3 nitrogen and oxygen atoms in total. The van der Waals surface area contributed by atoms with Gasteiger partial charge in [0.1, 0.15) is 5.84 Å². The standard InChI is InChI=1S/C11H21N3/c1-11(2,3)13-10(14-12)9-5-7-4-8(7)6-9/h7-9H,4-6,12H2,1-3H3,(H,13,14). The first-order valence-electron chi connectivity index (χ1n) is 5.56. The van der Waals surface area contributed by atoms with Gasteiger partial charge in [-0.05, 0) is 51.9 Å². The van der Waals surface area contributed by atoms with Crippen molar-refractivity contribution < 1.29 is 0 Å². The number of amidine groups is 1. The van der Waals surface area contributed by atoms with Gasteiger partial charge in [-0.25, -0.2) is 5.84 Å². The molecule has 0 amide bonds. The van der Waals surface area contributed by atoms with E-state index >= 15 is 0 Å². The second-order valence-electron chi connectivity index (χ2n) is 5.74. The van der Waals surface area contributed by atoms with Crippen molar-refractivity contribution in [3.63, 3.8) is 0 Å². The van der Waals surface area contributed by atoms with Crippen molar-refractivity contribution in [1.82, 2.24) is 5.43 Å². The lowest BCUT2D eigenvalue weighted by Crippen LogP contribution is -2.37. The Labute approximate surface area is 86.1 Å². The van der Waals surface area contributed by atoms with Gasteiger partial charge >= 0.3 is 0 Å². The van der Waals surface area contributed by atoms with Gasteiger partial charge < -0.3 is 5.43 Å². The molecule has 0 bridgehead atoms. The maximum absolute atomic E-state index is 5.54. The SMILES string of the molecule is CC(C)(C)N=C(NN)C1CC2CC2C1. The molecule has 0 radical (unpaired) electrons. The molecule has 14 heavy (non-hydrogen) atoms. The molecular formula is C11H21N3. The van der Waals surface area contributed by atoms with Gasteiger partial charge in [-0.3, -0.25) is 4.99 Å². The first kappa shape index (κ1) is 9.97. The number of aliphatic imine (C=N–C) groups is 1. The first-order valence-corrected chi connectivity index (χ1v) is 5.56. The summed E-state index contributed by atoms with van der Waals surface area (Å²) in [5, 5.41) is 0. The summed E-state index contributed by atoms with van der Waals surface area (Å²) in [7, 11) is 0. The maximum Gasteiger partial charge on any atom is 0.114 e. The number of hydrogen-bond donors (Lipinski definition) is 2. The van der Waals surface area contributed by atoms with Crippen LogP contribution in [0.3, 0.4) is 0 Å². The van der Waals surface area contributed by atoms with Crippen LogP contribution in [-0.4, -0.2) is 11.4 Å². The van der Waals surface area contributed by atoms with E-state index in [-0.39, 0.29) is 5.54 Å². The number of hydrazine groups is 1. The summed E-state index contributed by atoms with van der Waals surface area (Å²) in [5.41, 5.74) is 2.77. The van der Waals surface area contributed by atoms with E-state index in [1.165, 1.54) is 19.3 Å². The van der Waals surface area contributed by atoms with Crippen LogP contribution in [0.2, 0.25) is 0 Å². The molecule has 2 rings (SSSR count). The Kier molecular flexibility index (Phi) is 2.30. The fraction of sp³-hybridized carbons (Fsp3) is 0.909. The molecule has 80 valence electrons. The zero-order chi connectivity index (χ0) is 10.3. The third kappa shape index (κ3) is 2.08. The van der Waals surface area contributed by atoms with E-state index < -0.39 is 0 Å². The lowest BCUT2D eigenvalue weighted by atomic mass is 10.0. The summed E-state index contributed by atoms with van der Waals surface area (Å²) in [6.07, 6.45) is 4.04. The zero-order valence-electron chi connectivity index (χ0n) is 9.38. The average Bonchev–Trinajstić information content (AvgIpc) is 2.68. The fourth-order valence-corrected chi connectivity index (χ4v) is 2.54. The first-order chi connectivity index (χ1) is 6.49. The lowest BCUT2D eigenvalue weighted by Gasteiger charge is -2.20. The Balaban J connectivity index is 2.02. The van der Waals surface area contributed by atoms with Gasteiger partial charge in [0.25, 0.3) is 0 Å². The fourth-order valence-electron chi connectivity index (χ4n) is 2.54. The van der Waals surface area contributed by atoms with Crippen LogP contribution >= 0.6 is 0 Å². The van der Waals surface area contributed by atoms with Gasteiger partial charge in [-0.1, -0.05) is 0 Å². The predicted molar refractivity (Wildman–Crippen MR) is 58.8 cm³/mol. The molecule has 3 N–H and O–H groups in total. The molecule has 2 saturated carbocycles. The molecule has 2 aliphatic carbocycles. The minimum atomic E-state index is -0.0194. The number of hydrogen-bond acceptors (Lipinski definition) is 2. The topological polar surface area (TPSA) is 50.4 Å². The highest BCUT2D eigenvalue weighted by Gasteiger charge is 2.47. The number of nitrogens with two attached hydrogens (primary N) is 1. The minimum absolute atomic E-state index is 0.0194. The van der Waals surface area contributed by atoms with Crippen molar-refractivity contribution in [1.29, 1.82) is 0 Å². The summed E-state index contributed by atoms with van der Waals surface area (Å²) >= 11 is 0. The van der Waals surface area contributed by atoms with Crippen molar-refractivity contribution in [3.8, 4) is 0 Å². The van der Waals surface area contributed by atoms with Crippen LogP contribution in [0.25, 0.3) is 0 Å². The van der Waals surface area contributed by atoms with Crippen LogP contribution in [0.5, 0.6) is 0 Å². The van der Waals surface area contributed by atoms with E-state index in [4.69, 9.17) is 5.84 Å². The van der Waals surface area contributed by atoms with Gasteiger partial charge in [0.2, 0.25) is 0 Å². The molecule has 0 heterocycles. The highest BCUT2D eigenvalue weighted by Crippen LogP contribution is 2.54. The van der Waals surface area contributed by atoms with Gasteiger partial charge in [-0.15, -0.1) is 0 Å². The molecule has 0 aromatic rings. The predicted octanol–water partition coefficient (Wildman–Crippen LogP) is 1.69. The molecule has 0 aromatic heterocycles. The molecule has 0 spiro atoms. The van der Waals surface area contributed by atoms with Crippen molar-refractivity contribution >= 4 is 5.84 Å². The monoisotopic (exact) mass is 195 g/mol. The third-order valence-corrected chi connectivity index (χ3v) is 3.23. The van der Waals surface area contributed by atoms with Crippen LogP contribution in [0.4, 0.5) is 0 Å². The summed E-state index contributed by atoms with van der Waals surface area (Å²) in [6, 6.07) is 0.